The number of carbonyl (C=O) groups excluding carboxylic acids is 1. The fourth-order valence-corrected chi connectivity index (χ4v) is 4.78. The zero-order valence-corrected chi connectivity index (χ0v) is 19.7. The molecule has 7 heteroatoms. The molecule has 1 saturated heterocycles. The lowest BCUT2D eigenvalue weighted by molar-refractivity contribution is 0.0159. The van der Waals surface area contributed by atoms with Gasteiger partial charge in [-0.05, 0) is 78.5 Å². The molecule has 1 fully saturated rings. The molecule has 1 heterocycles. The zero-order valence-electron chi connectivity index (χ0n) is 18.2. The van der Waals surface area contributed by atoms with E-state index in [0.717, 1.165) is 30.5 Å². The molecule has 2 aliphatic rings. The van der Waals surface area contributed by atoms with Crippen LogP contribution in [0.4, 0.5) is 4.79 Å². The lowest BCUT2D eigenvalue weighted by Gasteiger charge is -2.40. The Bertz CT molecular complexity index is 860. The van der Waals surface area contributed by atoms with Crippen LogP contribution in [0.2, 0.25) is 5.02 Å². The van der Waals surface area contributed by atoms with E-state index in [9.17, 15) is 9.00 Å². The van der Waals surface area contributed by atoms with E-state index in [1.165, 1.54) is 5.56 Å². The van der Waals surface area contributed by atoms with E-state index in [1.54, 1.807) is 4.90 Å². The van der Waals surface area contributed by atoms with Gasteiger partial charge in [0.25, 0.3) is 0 Å². The predicted molar refractivity (Wildman–Crippen MR) is 119 cm³/mol. The normalized spacial score (nSPS) is 21.3. The number of amides is 1. The molecule has 0 bridgehead atoms. The Labute approximate surface area is 181 Å². The first-order valence-electron chi connectivity index (χ1n) is 10.1. The summed E-state index contributed by atoms with van der Waals surface area (Å²) in [7, 11) is -1.36. The van der Waals surface area contributed by atoms with Gasteiger partial charge in [0.2, 0.25) is 0 Å². The molecular weight excluding hydrogens is 408 g/mol. The van der Waals surface area contributed by atoms with Gasteiger partial charge in [-0.25, -0.2) is 9.00 Å². The smallest absolute Gasteiger partial charge is 0.410 e. The summed E-state index contributed by atoms with van der Waals surface area (Å²) >= 11 is 6.27. The maximum Gasteiger partial charge on any atom is 0.410 e. The van der Waals surface area contributed by atoms with Crippen LogP contribution in [0, 0.1) is 5.41 Å². The molecule has 0 N–H and O–H groups in total. The third-order valence-electron chi connectivity index (χ3n) is 5.43. The molecule has 1 spiro atoms. The average Bonchev–Trinajstić information content (AvgIpc) is 2.86. The van der Waals surface area contributed by atoms with Crippen LogP contribution in [0.15, 0.2) is 22.6 Å². The Hall–Kier alpha value is -1.40. The van der Waals surface area contributed by atoms with Crippen molar-refractivity contribution in [3.63, 3.8) is 0 Å². The van der Waals surface area contributed by atoms with Crippen molar-refractivity contribution < 1.29 is 13.7 Å². The quantitative estimate of drug-likeness (QED) is 0.608. The summed E-state index contributed by atoms with van der Waals surface area (Å²) in [5.41, 5.74) is 2.34. The number of rotatable bonds is 1. The van der Waals surface area contributed by atoms with Crippen molar-refractivity contribution in [2.45, 2.75) is 71.2 Å². The van der Waals surface area contributed by atoms with Crippen molar-refractivity contribution in [2.24, 2.45) is 9.81 Å². The molecule has 1 aliphatic heterocycles. The second-order valence-corrected chi connectivity index (χ2v) is 12.4. The van der Waals surface area contributed by atoms with Crippen LogP contribution in [0.25, 0.3) is 0 Å². The highest BCUT2D eigenvalue weighted by Crippen LogP contribution is 2.46. The second-order valence-electron chi connectivity index (χ2n) is 10.0. The van der Waals surface area contributed by atoms with E-state index in [1.807, 2.05) is 59.7 Å². The van der Waals surface area contributed by atoms with Crippen LogP contribution < -0.4 is 0 Å². The summed E-state index contributed by atoms with van der Waals surface area (Å²) in [5.74, 6) is 0. The monoisotopic (exact) mass is 438 g/mol. The number of hydrogen-bond acceptors (Lipinski definition) is 3. The molecule has 3 rings (SSSR count). The number of benzene rings is 1. The summed E-state index contributed by atoms with van der Waals surface area (Å²) in [5, 5.41) is 0.654. The van der Waals surface area contributed by atoms with E-state index >= 15 is 0 Å². The van der Waals surface area contributed by atoms with Crippen LogP contribution >= 0.6 is 11.6 Å². The molecule has 160 valence electrons. The minimum absolute atomic E-state index is 0.216. The zero-order chi connectivity index (χ0) is 21.6. The lowest BCUT2D eigenvalue weighted by Crippen LogP contribution is -2.47. The largest absolute Gasteiger partial charge is 0.444 e. The van der Waals surface area contributed by atoms with E-state index in [0.29, 0.717) is 18.1 Å². The van der Waals surface area contributed by atoms with Gasteiger partial charge in [-0.15, -0.1) is 0 Å². The number of likely N-dealkylation sites (tertiary alicyclic amines) is 1. The number of carbonyl (C=O) groups is 1. The Kier molecular flexibility index (Phi) is 5.91. The fraction of sp³-hybridized carbons (Fsp3) is 0.636. The summed E-state index contributed by atoms with van der Waals surface area (Å²) in [6.45, 7) is 12.6. The van der Waals surface area contributed by atoms with Gasteiger partial charge in [0, 0.05) is 29.1 Å². The summed E-state index contributed by atoms with van der Waals surface area (Å²) in [4.78, 5) is 14.2. The number of fused-ring (bicyclic) bond motifs is 1. The Morgan fingerprint density at radius 2 is 1.79 bits per heavy atom. The fourth-order valence-electron chi connectivity index (χ4n) is 3.88. The Morgan fingerprint density at radius 1 is 1.17 bits per heavy atom. The maximum absolute atomic E-state index is 12.9. The van der Waals surface area contributed by atoms with Crippen LogP contribution in [-0.4, -0.2) is 44.4 Å². The van der Waals surface area contributed by atoms with E-state index in [-0.39, 0.29) is 11.5 Å². The minimum atomic E-state index is -1.36. The third kappa shape index (κ3) is 4.85. The molecule has 1 atom stereocenters. The first kappa shape index (κ1) is 22.3. The van der Waals surface area contributed by atoms with Crippen LogP contribution in [0.3, 0.4) is 0 Å². The summed E-state index contributed by atoms with van der Waals surface area (Å²) in [6, 6.07) is 5.88. The molecule has 0 saturated carbocycles. The minimum Gasteiger partial charge on any atom is -0.444 e. The predicted octanol–water partition coefficient (Wildman–Crippen LogP) is 5.16. The van der Waals surface area contributed by atoms with Gasteiger partial charge in [0.05, 0.1) is 10.5 Å². The van der Waals surface area contributed by atoms with Crippen molar-refractivity contribution in [3.05, 3.63) is 34.3 Å². The van der Waals surface area contributed by atoms with Gasteiger partial charge in [0.15, 0.2) is 0 Å². The van der Waals surface area contributed by atoms with Gasteiger partial charge in [-0.1, -0.05) is 17.7 Å². The number of hydrogen-bond donors (Lipinski definition) is 0. The molecular formula is C22H31ClN2O3S. The number of ether oxygens (including phenoxy) is 1. The maximum atomic E-state index is 12.9. The molecule has 0 radical (unpaired) electrons. The molecule has 5 nitrogen and oxygen atoms in total. The molecule has 1 aliphatic carbocycles. The summed E-state index contributed by atoms with van der Waals surface area (Å²) < 4.78 is 22.7. The lowest BCUT2D eigenvalue weighted by atomic mass is 9.74. The first-order chi connectivity index (χ1) is 13.3. The van der Waals surface area contributed by atoms with Gasteiger partial charge in [-0.2, -0.15) is 4.40 Å². The summed E-state index contributed by atoms with van der Waals surface area (Å²) in [6.07, 6.45) is 2.09. The highest BCUT2D eigenvalue weighted by atomic mass is 35.5. The van der Waals surface area contributed by atoms with Crippen LogP contribution in [0.1, 0.15) is 65.5 Å². The topological polar surface area (TPSA) is 59.0 Å². The Morgan fingerprint density at radius 3 is 2.34 bits per heavy atom. The standard InChI is InChI=1S/C22H31ClN2O3S/c1-20(2,3)28-19(26)25-11-9-22(10-12-25)14-15-7-8-16(23)13-17(15)18(22)24-29(27)21(4,5)6/h7-8,13H,9-12,14H2,1-6H3/b24-18-/t29-/m1/s1. The van der Waals surface area contributed by atoms with Gasteiger partial charge in [0.1, 0.15) is 16.6 Å². The van der Waals surface area contributed by atoms with Gasteiger partial charge < -0.3 is 9.64 Å². The molecule has 1 aromatic carbocycles. The van der Waals surface area contributed by atoms with Crippen molar-refractivity contribution in [3.8, 4) is 0 Å². The molecule has 29 heavy (non-hydrogen) atoms. The van der Waals surface area contributed by atoms with Crippen LogP contribution in [0.5, 0.6) is 0 Å². The molecule has 1 amide bonds. The van der Waals surface area contributed by atoms with E-state index in [2.05, 4.69) is 0 Å². The van der Waals surface area contributed by atoms with E-state index < -0.39 is 21.3 Å². The van der Waals surface area contributed by atoms with Crippen molar-refractivity contribution >= 4 is 34.4 Å². The van der Waals surface area contributed by atoms with Gasteiger partial charge >= 0.3 is 6.09 Å². The molecule has 1 aromatic rings. The number of nitrogens with zero attached hydrogens (tertiary/aromatic N) is 2. The van der Waals surface area contributed by atoms with Gasteiger partial charge in [-0.3, -0.25) is 0 Å². The molecule has 0 unspecified atom stereocenters. The van der Waals surface area contributed by atoms with Crippen molar-refractivity contribution in [1.29, 1.82) is 0 Å². The number of piperidine rings is 1. The highest BCUT2D eigenvalue weighted by Gasteiger charge is 2.47. The average molecular weight is 439 g/mol. The van der Waals surface area contributed by atoms with Crippen LogP contribution in [-0.2, 0) is 22.1 Å². The third-order valence-corrected chi connectivity index (χ3v) is 7.06. The molecule has 0 aromatic heterocycles. The first-order valence-corrected chi connectivity index (χ1v) is 11.6. The SMILES string of the molecule is CC(C)(C)OC(=O)N1CCC2(CC1)Cc1ccc(Cl)cc1/C2=N/[S@](=O)C(C)(C)C. The van der Waals surface area contributed by atoms with Crippen molar-refractivity contribution in [2.75, 3.05) is 13.1 Å². The second kappa shape index (κ2) is 7.69. The number of halogens is 1. The van der Waals surface area contributed by atoms with E-state index in [4.69, 9.17) is 20.7 Å². The highest BCUT2D eigenvalue weighted by molar-refractivity contribution is 7.85. The van der Waals surface area contributed by atoms with Crippen molar-refractivity contribution in [1.82, 2.24) is 4.90 Å². The Balaban J connectivity index is 1.90.